The second kappa shape index (κ2) is 7.83. The molecule has 5 nitrogen and oxygen atoms in total. The van der Waals surface area contributed by atoms with E-state index >= 15 is 0 Å². The maximum atomic E-state index is 12.1. The van der Waals surface area contributed by atoms with Gasteiger partial charge in [-0.3, -0.25) is 4.79 Å². The van der Waals surface area contributed by atoms with Crippen LogP contribution in [0.15, 0.2) is 36.5 Å². The Labute approximate surface area is 150 Å². The SMILES string of the molecule is O=C(NCC1CCCO1)c1ccc(Nc2ccc(Cl)cc2Cl)nc1. The lowest BCUT2D eigenvalue weighted by Crippen LogP contribution is -2.31. The van der Waals surface area contributed by atoms with Gasteiger partial charge in [0.15, 0.2) is 0 Å². The van der Waals surface area contributed by atoms with Crippen LogP contribution in [-0.4, -0.2) is 30.1 Å². The molecule has 0 aliphatic carbocycles. The number of hydrogen-bond acceptors (Lipinski definition) is 4. The summed E-state index contributed by atoms with van der Waals surface area (Å²) in [7, 11) is 0. The molecule has 1 saturated heterocycles. The fraction of sp³-hybridized carbons (Fsp3) is 0.294. The lowest BCUT2D eigenvalue weighted by atomic mass is 10.2. The monoisotopic (exact) mass is 365 g/mol. The standard InChI is InChI=1S/C17H17Cl2N3O2/c18-12-4-5-15(14(19)8-12)22-16-6-3-11(9-20-16)17(23)21-10-13-2-1-7-24-13/h3-6,8-9,13H,1-2,7,10H2,(H,20,22)(H,21,23). The van der Waals surface area contributed by atoms with E-state index in [1.165, 1.54) is 6.20 Å². The second-order valence-corrected chi connectivity index (χ2v) is 6.37. The highest BCUT2D eigenvalue weighted by molar-refractivity contribution is 6.36. The quantitative estimate of drug-likeness (QED) is 0.838. The third-order valence-corrected chi connectivity index (χ3v) is 4.28. The van der Waals surface area contributed by atoms with Crippen molar-refractivity contribution < 1.29 is 9.53 Å². The molecular weight excluding hydrogens is 349 g/mol. The molecule has 0 saturated carbocycles. The van der Waals surface area contributed by atoms with E-state index in [4.69, 9.17) is 27.9 Å². The minimum absolute atomic E-state index is 0.120. The zero-order valence-electron chi connectivity index (χ0n) is 12.9. The number of rotatable bonds is 5. The van der Waals surface area contributed by atoms with Gasteiger partial charge in [0.05, 0.1) is 22.4 Å². The molecule has 1 unspecified atom stereocenters. The van der Waals surface area contributed by atoms with E-state index in [0.717, 1.165) is 19.4 Å². The molecule has 1 aliphatic rings. The Balaban J connectivity index is 1.59. The van der Waals surface area contributed by atoms with Crippen LogP contribution in [0, 0.1) is 0 Å². The molecule has 2 aromatic rings. The number of aromatic nitrogens is 1. The van der Waals surface area contributed by atoms with Gasteiger partial charge in [0.2, 0.25) is 0 Å². The predicted octanol–water partition coefficient (Wildman–Crippen LogP) is 4.04. The van der Waals surface area contributed by atoms with Crippen LogP contribution in [0.5, 0.6) is 0 Å². The fourth-order valence-electron chi connectivity index (χ4n) is 2.44. The van der Waals surface area contributed by atoms with Gasteiger partial charge in [-0.05, 0) is 43.2 Å². The lowest BCUT2D eigenvalue weighted by molar-refractivity contribution is 0.0857. The minimum atomic E-state index is -0.158. The topological polar surface area (TPSA) is 63.2 Å². The number of amides is 1. The molecule has 1 aromatic carbocycles. The van der Waals surface area contributed by atoms with Crippen molar-refractivity contribution >= 4 is 40.6 Å². The van der Waals surface area contributed by atoms with Crippen molar-refractivity contribution in [1.82, 2.24) is 10.3 Å². The summed E-state index contributed by atoms with van der Waals surface area (Å²) in [4.78, 5) is 16.3. The van der Waals surface area contributed by atoms with Gasteiger partial charge in [-0.1, -0.05) is 23.2 Å². The van der Waals surface area contributed by atoms with E-state index in [2.05, 4.69) is 15.6 Å². The van der Waals surface area contributed by atoms with Crippen LogP contribution in [0.3, 0.4) is 0 Å². The summed E-state index contributed by atoms with van der Waals surface area (Å²) in [6.07, 6.45) is 3.69. The van der Waals surface area contributed by atoms with Gasteiger partial charge < -0.3 is 15.4 Å². The average molecular weight is 366 g/mol. The molecule has 2 heterocycles. The molecule has 2 N–H and O–H groups in total. The van der Waals surface area contributed by atoms with Crippen molar-refractivity contribution in [1.29, 1.82) is 0 Å². The third-order valence-electron chi connectivity index (χ3n) is 3.73. The maximum Gasteiger partial charge on any atom is 0.252 e. The number of carbonyl (C=O) groups is 1. The first-order valence-corrected chi connectivity index (χ1v) is 8.45. The number of carbonyl (C=O) groups excluding carboxylic acids is 1. The molecule has 1 fully saturated rings. The van der Waals surface area contributed by atoms with E-state index in [9.17, 15) is 4.79 Å². The molecule has 1 atom stereocenters. The van der Waals surface area contributed by atoms with Crippen molar-refractivity contribution in [3.63, 3.8) is 0 Å². The van der Waals surface area contributed by atoms with Crippen LogP contribution in [0.1, 0.15) is 23.2 Å². The van der Waals surface area contributed by atoms with E-state index in [0.29, 0.717) is 33.7 Å². The lowest BCUT2D eigenvalue weighted by Gasteiger charge is -2.11. The first-order valence-electron chi connectivity index (χ1n) is 7.70. The summed E-state index contributed by atoms with van der Waals surface area (Å²) in [6.45, 7) is 1.30. The number of nitrogens with zero attached hydrogens (tertiary/aromatic N) is 1. The molecule has 1 amide bonds. The summed E-state index contributed by atoms with van der Waals surface area (Å²) in [5.41, 5.74) is 1.20. The van der Waals surface area contributed by atoms with E-state index in [1.807, 2.05) is 0 Å². The Bertz CT molecular complexity index is 716. The van der Waals surface area contributed by atoms with Gasteiger partial charge in [-0.15, -0.1) is 0 Å². The maximum absolute atomic E-state index is 12.1. The Kier molecular flexibility index (Phi) is 5.56. The van der Waals surface area contributed by atoms with E-state index in [-0.39, 0.29) is 12.0 Å². The van der Waals surface area contributed by atoms with Crippen molar-refractivity contribution in [2.75, 3.05) is 18.5 Å². The summed E-state index contributed by atoms with van der Waals surface area (Å²) < 4.78 is 5.48. The van der Waals surface area contributed by atoms with Crippen molar-refractivity contribution in [2.24, 2.45) is 0 Å². The van der Waals surface area contributed by atoms with Crippen molar-refractivity contribution in [3.8, 4) is 0 Å². The highest BCUT2D eigenvalue weighted by Crippen LogP contribution is 2.27. The van der Waals surface area contributed by atoms with Gasteiger partial charge in [-0.2, -0.15) is 0 Å². The van der Waals surface area contributed by atoms with Gasteiger partial charge in [-0.25, -0.2) is 4.98 Å². The van der Waals surface area contributed by atoms with E-state index in [1.54, 1.807) is 30.3 Å². The molecule has 126 valence electrons. The van der Waals surface area contributed by atoms with Crippen molar-refractivity contribution in [2.45, 2.75) is 18.9 Å². The van der Waals surface area contributed by atoms with Gasteiger partial charge in [0.25, 0.3) is 5.91 Å². The number of nitrogens with one attached hydrogen (secondary N) is 2. The molecule has 3 rings (SSSR count). The first kappa shape index (κ1) is 17.0. The molecule has 24 heavy (non-hydrogen) atoms. The number of benzene rings is 1. The highest BCUT2D eigenvalue weighted by atomic mass is 35.5. The average Bonchev–Trinajstić information content (AvgIpc) is 3.09. The number of halogens is 2. The van der Waals surface area contributed by atoms with Gasteiger partial charge in [0, 0.05) is 24.4 Å². The van der Waals surface area contributed by atoms with Crippen LogP contribution < -0.4 is 10.6 Å². The normalized spacial score (nSPS) is 16.8. The predicted molar refractivity (Wildman–Crippen MR) is 95.3 cm³/mol. The molecule has 7 heteroatoms. The van der Waals surface area contributed by atoms with Crippen LogP contribution in [0.25, 0.3) is 0 Å². The summed E-state index contributed by atoms with van der Waals surface area (Å²) in [5.74, 6) is 0.434. The van der Waals surface area contributed by atoms with Crippen LogP contribution in [0.2, 0.25) is 10.0 Å². The van der Waals surface area contributed by atoms with Gasteiger partial charge in [0.1, 0.15) is 5.82 Å². The minimum Gasteiger partial charge on any atom is -0.376 e. The zero-order chi connectivity index (χ0) is 16.9. The molecule has 1 aliphatic heterocycles. The van der Waals surface area contributed by atoms with Gasteiger partial charge >= 0.3 is 0 Å². The number of pyridine rings is 1. The fourth-order valence-corrected chi connectivity index (χ4v) is 2.90. The first-order chi connectivity index (χ1) is 11.6. The largest absolute Gasteiger partial charge is 0.376 e. The van der Waals surface area contributed by atoms with Crippen LogP contribution in [0.4, 0.5) is 11.5 Å². The summed E-state index contributed by atoms with van der Waals surface area (Å²) in [5, 5.41) is 7.02. The number of anilines is 2. The molecule has 0 radical (unpaired) electrons. The van der Waals surface area contributed by atoms with Crippen molar-refractivity contribution in [3.05, 3.63) is 52.1 Å². The molecule has 0 bridgehead atoms. The van der Waals surface area contributed by atoms with E-state index < -0.39 is 0 Å². The van der Waals surface area contributed by atoms with Crippen LogP contribution >= 0.6 is 23.2 Å². The van der Waals surface area contributed by atoms with Crippen LogP contribution in [-0.2, 0) is 4.74 Å². The number of hydrogen-bond donors (Lipinski definition) is 2. The molecule has 0 spiro atoms. The zero-order valence-corrected chi connectivity index (χ0v) is 14.4. The summed E-state index contributed by atoms with van der Waals surface area (Å²) >= 11 is 12.0. The molecule has 1 aromatic heterocycles. The summed E-state index contributed by atoms with van der Waals surface area (Å²) in [6, 6.07) is 8.60. The molecular formula is C17H17Cl2N3O2. The Hall–Kier alpha value is -1.82. The Morgan fingerprint density at radius 1 is 1.29 bits per heavy atom. The third kappa shape index (κ3) is 4.38. The number of ether oxygens (including phenoxy) is 1. The second-order valence-electron chi connectivity index (χ2n) is 5.53. The highest BCUT2D eigenvalue weighted by Gasteiger charge is 2.16. The Morgan fingerprint density at radius 3 is 2.83 bits per heavy atom. The smallest absolute Gasteiger partial charge is 0.252 e. The Morgan fingerprint density at radius 2 is 2.17 bits per heavy atom.